The number of carbonyl (C=O) groups excluding carboxylic acids is 2. The number of phenols is 1. The molecule has 7 heteroatoms. The van der Waals surface area contributed by atoms with Gasteiger partial charge in [-0.1, -0.05) is 42.5 Å². The zero-order valence-electron chi connectivity index (χ0n) is 20.6. The number of amides is 1. The van der Waals surface area contributed by atoms with E-state index in [9.17, 15) is 19.8 Å². The molecule has 0 unspecified atom stereocenters. The summed E-state index contributed by atoms with van der Waals surface area (Å²) < 4.78 is 5.94. The summed E-state index contributed by atoms with van der Waals surface area (Å²) in [6.07, 6.45) is 0. The van der Waals surface area contributed by atoms with E-state index in [2.05, 4.69) is 0 Å². The van der Waals surface area contributed by atoms with Crippen molar-refractivity contribution in [2.24, 2.45) is 0 Å². The number of carbonyl (C=O) groups is 2. The second-order valence-electron chi connectivity index (χ2n) is 9.14. The average Bonchev–Trinajstić information content (AvgIpc) is 3.12. The molecule has 4 rings (SSSR count). The lowest BCUT2D eigenvalue weighted by Crippen LogP contribution is -2.35. The molecule has 1 aliphatic heterocycles. The molecule has 1 aliphatic rings. The molecule has 36 heavy (non-hydrogen) atoms. The number of phenolic OH excluding ortho intramolecular Hbond substituents is 1. The predicted octanol–water partition coefficient (Wildman–Crippen LogP) is 4.26. The highest BCUT2D eigenvalue weighted by Crippen LogP contribution is 2.40. The smallest absolute Gasteiger partial charge is 0.295 e. The van der Waals surface area contributed by atoms with E-state index in [1.54, 1.807) is 30.3 Å². The maximum Gasteiger partial charge on any atom is 0.295 e. The summed E-state index contributed by atoms with van der Waals surface area (Å²) in [5.41, 5.74) is 2.91. The van der Waals surface area contributed by atoms with Gasteiger partial charge in [0.1, 0.15) is 23.9 Å². The number of aliphatic hydroxyl groups excluding tert-OH is 1. The lowest BCUT2D eigenvalue weighted by molar-refractivity contribution is -0.140. The topological polar surface area (TPSA) is 90.3 Å². The molecule has 0 spiro atoms. The van der Waals surface area contributed by atoms with E-state index in [1.807, 2.05) is 56.3 Å². The third-order valence-electron chi connectivity index (χ3n) is 6.22. The number of likely N-dealkylation sites (N-methyl/N-ethyl adjacent to an activating group) is 1. The van der Waals surface area contributed by atoms with Gasteiger partial charge in [-0.15, -0.1) is 0 Å². The number of aromatic hydroxyl groups is 1. The Labute approximate surface area is 210 Å². The van der Waals surface area contributed by atoms with E-state index in [-0.39, 0.29) is 17.1 Å². The monoisotopic (exact) mass is 486 g/mol. The molecule has 3 aromatic carbocycles. The fraction of sp³-hybridized carbons (Fsp3) is 0.241. The number of likely N-dealkylation sites (tertiary alicyclic amines) is 1. The van der Waals surface area contributed by atoms with Crippen molar-refractivity contribution in [1.82, 2.24) is 9.80 Å². The molecular weight excluding hydrogens is 456 g/mol. The van der Waals surface area contributed by atoms with Gasteiger partial charge in [0.15, 0.2) is 0 Å². The molecule has 1 heterocycles. The van der Waals surface area contributed by atoms with Crippen LogP contribution in [-0.2, 0) is 16.2 Å². The molecule has 2 N–H and O–H groups in total. The van der Waals surface area contributed by atoms with Gasteiger partial charge in [-0.05, 0) is 68.0 Å². The zero-order valence-corrected chi connectivity index (χ0v) is 20.6. The van der Waals surface area contributed by atoms with Crippen LogP contribution in [0.1, 0.15) is 28.3 Å². The van der Waals surface area contributed by atoms with Crippen LogP contribution >= 0.6 is 0 Å². The van der Waals surface area contributed by atoms with Crippen molar-refractivity contribution in [3.8, 4) is 11.5 Å². The van der Waals surface area contributed by atoms with Gasteiger partial charge >= 0.3 is 0 Å². The molecule has 0 aliphatic carbocycles. The SMILES string of the molecule is Cc1cc(C(O)=C2C(=O)C(=O)N(CCN(C)C)[C@@H]2c2ccc(O)cc2)ccc1OCc1ccccc1. The predicted molar refractivity (Wildman–Crippen MR) is 138 cm³/mol. The molecule has 1 fully saturated rings. The Morgan fingerprint density at radius 1 is 1.00 bits per heavy atom. The minimum atomic E-state index is -0.764. The number of hydrogen-bond acceptors (Lipinski definition) is 6. The zero-order chi connectivity index (χ0) is 25.8. The van der Waals surface area contributed by atoms with Gasteiger partial charge in [-0.25, -0.2) is 0 Å². The molecule has 1 amide bonds. The van der Waals surface area contributed by atoms with Crippen molar-refractivity contribution in [1.29, 1.82) is 0 Å². The van der Waals surface area contributed by atoms with Gasteiger partial charge in [0.25, 0.3) is 11.7 Å². The Kier molecular flexibility index (Phi) is 7.41. The van der Waals surface area contributed by atoms with Gasteiger partial charge in [0.05, 0.1) is 11.6 Å². The molecular formula is C29H30N2O5. The first kappa shape index (κ1) is 25.0. The van der Waals surface area contributed by atoms with Crippen LogP contribution in [0.15, 0.2) is 78.4 Å². The molecule has 186 valence electrons. The summed E-state index contributed by atoms with van der Waals surface area (Å²) in [6, 6.07) is 20.6. The minimum absolute atomic E-state index is 0.0294. The fourth-order valence-electron chi connectivity index (χ4n) is 4.27. The van der Waals surface area contributed by atoms with Crippen LogP contribution in [0.3, 0.4) is 0 Å². The van der Waals surface area contributed by atoms with Crippen molar-refractivity contribution in [3.63, 3.8) is 0 Å². The average molecular weight is 487 g/mol. The van der Waals surface area contributed by atoms with E-state index in [1.165, 1.54) is 17.0 Å². The molecule has 7 nitrogen and oxygen atoms in total. The second-order valence-corrected chi connectivity index (χ2v) is 9.14. The molecule has 0 bridgehead atoms. The second kappa shape index (κ2) is 10.7. The molecule has 3 aromatic rings. The number of rotatable bonds is 8. The van der Waals surface area contributed by atoms with Gasteiger partial charge in [0, 0.05) is 18.7 Å². The van der Waals surface area contributed by atoms with Crippen molar-refractivity contribution in [2.45, 2.75) is 19.6 Å². The summed E-state index contributed by atoms with van der Waals surface area (Å²) in [5, 5.41) is 21.0. The van der Waals surface area contributed by atoms with E-state index < -0.39 is 17.7 Å². The van der Waals surface area contributed by atoms with E-state index in [0.29, 0.717) is 36.6 Å². The lowest BCUT2D eigenvalue weighted by atomic mass is 9.94. The van der Waals surface area contributed by atoms with E-state index >= 15 is 0 Å². The van der Waals surface area contributed by atoms with E-state index in [0.717, 1.165) is 11.1 Å². The third-order valence-corrected chi connectivity index (χ3v) is 6.22. The summed E-state index contributed by atoms with van der Waals surface area (Å²) in [5.74, 6) is -0.887. The quantitative estimate of drug-likeness (QED) is 0.281. The van der Waals surface area contributed by atoms with Gasteiger partial charge in [-0.2, -0.15) is 0 Å². The molecule has 1 atom stereocenters. The molecule has 1 saturated heterocycles. The van der Waals surface area contributed by atoms with Crippen molar-refractivity contribution < 1.29 is 24.5 Å². The Morgan fingerprint density at radius 2 is 1.69 bits per heavy atom. The number of aryl methyl sites for hydroxylation is 1. The van der Waals surface area contributed by atoms with Crippen LogP contribution in [0, 0.1) is 6.92 Å². The number of ketones is 1. The van der Waals surface area contributed by atoms with Gasteiger partial charge in [-0.3, -0.25) is 9.59 Å². The number of Topliss-reactive ketones (excluding diaryl/α,β-unsaturated/α-hetero) is 1. The van der Waals surface area contributed by atoms with Crippen LogP contribution in [0.2, 0.25) is 0 Å². The highest BCUT2D eigenvalue weighted by molar-refractivity contribution is 6.46. The largest absolute Gasteiger partial charge is 0.508 e. The summed E-state index contributed by atoms with van der Waals surface area (Å²) in [6.45, 7) is 3.13. The number of benzene rings is 3. The molecule has 0 aromatic heterocycles. The van der Waals surface area contributed by atoms with Crippen LogP contribution in [-0.4, -0.2) is 58.9 Å². The Hall–Kier alpha value is -4.10. The van der Waals surface area contributed by atoms with Crippen LogP contribution in [0.4, 0.5) is 0 Å². The third kappa shape index (κ3) is 5.26. The van der Waals surface area contributed by atoms with Gasteiger partial charge in [0.2, 0.25) is 0 Å². The molecule has 0 radical (unpaired) electrons. The highest BCUT2D eigenvalue weighted by atomic mass is 16.5. The Balaban J connectivity index is 1.69. The number of aliphatic hydroxyl groups is 1. The maximum absolute atomic E-state index is 13.1. The van der Waals surface area contributed by atoms with Crippen LogP contribution < -0.4 is 4.74 Å². The van der Waals surface area contributed by atoms with Crippen molar-refractivity contribution in [2.75, 3.05) is 27.2 Å². The van der Waals surface area contributed by atoms with Gasteiger partial charge < -0.3 is 24.7 Å². The first-order valence-electron chi connectivity index (χ1n) is 11.8. The number of ether oxygens (including phenoxy) is 1. The highest BCUT2D eigenvalue weighted by Gasteiger charge is 2.45. The minimum Gasteiger partial charge on any atom is -0.508 e. The first-order valence-corrected chi connectivity index (χ1v) is 11.8. The maximum atomic E-state index is 13.1. The molecule has 0 saturated carbocycles. The van der Waals surface area contributed by atoms with E-state index in [4.69, 9.17) is 4.74 Å². The normalized spacial score (nSPS) is 17.1. The standard InChI is InChI=1S/C29H30N2O5/c1-19-17-22(11-14-24(19)36-18-20-7-5-4-6-8-20)27(33)25-26(21-9-12-23(32)13-10-21)31(16-15-30(2)3)29(35)28(25)34/h4-14,17,26,32-33H,15-16,18H2,1-3H3/t26-/m1/s1. The fourth-order valence-corrected chi connectivity index (χ4v) is 4.27. The Bertz CT molecular complexity index is 1280. The Morgan fingerprint density at radius 3 is 2.33 bits per heavy atom. The van der Waals surface area contributed by atoms with Crippen LogP contribution in [0.25, 0.3) is 5.76 Å². The van der Waals surface area contributed by atoms with Crippen molar-refractivity contribution in [3.05, 3.63) is 101 Å². The first-order chi connectivity index (χ1) is 17.3. The number of nitrogens with zero attached hydrogens (tertiary/aromatic N) is 2. The van der Waals surface area contributed by atoms with Crippen molar-refractivity contribution >= 4 is 17.4 Å². The number of hydrogen-bond donors (Lipinski definition) is 2. The summed E-state index contributed by atoms with van der Waals surface area (Å²) in [4.78, 5) is 29.5. The summed E-state index contributed by atoms with van der Waals surface area (Å²) >= 11 is 0. The lowest BCUT2D eigenvalue weighted by Gasteiger charge is -2.26. The van der Waals surface area contributed by atoms with Crippen LogP contribution in [0.5, 0.6) is 11.5 Å². The summed E-state index contributed by atoms with van der Waals surface area (Å²) in [7, 11) is 3.77.